The molecule has 0 amide bonds. The lowest BCUT2D eigenvalue weighted by atomic mass is 9.96. The number of rotatable bonds is 6. The number of hydrogen-bond donors (Lipinski definition) is 0. The maximum atomic E-state index is 2.31. The standard InChI is InChI=1S/C44H31N/c1-3-9-32(10-4-1)34-21-25-43(26-22-34)45(42-13-5-2-6-14-42)44-27-23-35(24-28-44)38-18-16-36-17-20-40(31-41(36)30-38)39-19-15-33-11-7-8-12-37(33)29-39/h1-31H. The van der Waals surface area contributed by atoms with Gasteiger partial charge in [0, 0.05) is 17.1 Å². The topological polar surface area (TPSA) is 3.24 Å². The van der Waals surface area contributed by atoms with Gasteiger partial charge in [-0.3, -0.25) is 0 Å². The minimum atomic E-state index is 1.12. The van der Waals surface area contributed by atoms with Crippen LogP contribution in [-0.4, -0.2) is 0 Å². The van der Waals surface area contributed by atoms with E-state index in [1.165, 1.54) is 54.9 Å². The van der Waals surface area contributed by atoms with Crippen molar-refractivity contribution in [2.45, 2.75) is 0 Å². The zero-order valence-corrected chi connectivity index (χ0v) is 24.8. The molecule has 0 atom stereocenters. The quantitative estimate of drug-likeness (QED) is 0.191. The monoisotopic (exact) mass is 573 g/mol. The molecule has 0 radical (unpaired) electrons. The number of hydrogen-bond acceptors (Lipinski definition) is 1. The van der Waals surface area contributed by atoms with Crippen molar-refractivity contribution in [3.05, 3.63) is 188 Å². The molecule has 8 aromatic rings. The predicted molar refractivity (Wildman–Crippen MR) is 192 cm³/mol. The highest BCUT2D eigenvalue weighted by molar-refractivity contribution is 5.93. The Balaban J connectivity index is 1.12. The van der Waals surface area contributed by atoms with Crippen LogP contribution >= 0.6 is 0 Å². The van der Waals surface area contributed by atoms with Gasteiger partial charge in [0.25, 0.3) is 0 Å². The maximum absolute atomic E-state index is 2.31. The van der Waals surface area contributed by atoms with Gasteiger partial charge < -0.3 is 4.90 Å². The van der Waals surface area contributed by atoms with Gasteiger partial charge >= 0.3 is 0 Å². The summed E-state index contributed by atoms with van der Waals surface area (Å²) in [6.07, 6.45) is 0. The SMILES string of the molecule is c1ccc(-c2ccc(N(c3ccccc3)c3ccc(-c4ccc5ccc(-c6ccc7ccccc7c6)cc5c4)cc3)cc2)cc1. The zero-order valence-electron chi connectivity index (χ0n) is 24.8. The molecule has 0 aliphatic heterocycles. The number of nitrogens with zero attached hydrogens (tertiary/aromatic N) is 1. The van der Waals surface area contributed by atoms with Crippen LogP contribution in [-0.2, 0) is 0 Å². The van der Waals surface area contributed by atoms with Gasteiger partial charge in [0.05, 0.1) is 0 Å². The third kappa shape index (κ3) is 5.37. The summed E-state index contributed by atoms with van der Waals surface area (Å²) in [6.45, 7) is 0. The summed E-state index contributed by atoms with van der Waals surface area (Å²) >= 11 is 0. The zero-order chi connectivity index (χ0) is 30.0. The second-order valence-electron chi connectivity index (χ2n) is 11.5. The second kappa shape index (κ2) is 11.6. The van der Waals surface area contributed by atoms with Crippen molar-refractivity contribution in [3.63, 3.8) is 0 Å². The lowest BCUT2D eigenvalue weighted by molar-refractivity contribution is 1.28. The molecule has 1 nitrogen and oxygen atoms in total. The molecule has 0 unspecified atom stereocenters. The van der Waals surface area contributed by atoms with E-state index in [9.17, 15) is 0 Å². The summed E-state index contributed by atoms with van der Waals surface area (Å²) in [6, 6.07) is 67.6. The van der Waals surface area contributed by atoms with Crippen molar-refractivity contribution in [2.24, 2.45) is 0 Å². The first-order valence-electron chi connectivity index (χ1n) is 15.4. The van der Waals surface area contributed by atoms with E-state index in [-0.39, 0.29) is 0 Å². The average Bonchev–Trinajstić information content (AvgIpc) is 3.12. The van der Waals surface area contributed by atoms with Crippen molar-refractivity contribution >= 4 is 38.6 Å². The van der Waals surface area contributed by atoms with Crippen LogP contribution in [0.4, 0.5) is 17.1 Å². The van der Waals surface area contributed by atoms with Crippen LogP contribution in [0.25, 0.3) is 54.9 Å². The van der Waals surface area contributed by atoms with E-state index in [1.54, 1.807) is 0 Å². The summed E-state index contributed by atoms with van der Waals surface area (Å²) in [5, 5.41) is 5.02. The smallest absolute Gasteiger partial charge is 0.0462 e. The summed E-state index contributed by atoms with van der Waals surface area (Å²) in [7, 11) is 0. The van der Waals surface area contributed by atoms with E-state index in [0.717, 1.165) is 17.1 Å². The third-order valence-electron chi connectivity index (χ3n) is 8.63. The van der Waals surface area contributed by atoms with Crippen molar-refractivity contribution < 1.29 is 0 Å². The molecule has 0 aliphatic carbocycles. The van der Waals surface area contributed by atoms with Gasteiger partial charge in [-0.1, -0.05) is 133 Å². The number of para-hydroxylation sites is 1. The molecule has 0 saturated heterocycles. The van der Waals surface area contributed by atoms with Crippen LogP contribution in [0.3, 0.4) is 0 Å². The molecule has 0 heterocycles. The third-order valence-corrected chi connectivity index (χ3v) is 8.63. The minimum Gasteiger partial charge on any atom is -0.311 e. The number of anilines is 3. The van der Waals surface area contributed by atoms with Crippen molar-refractivity contribution in [1.82, 2.24) is 0 Å². The number of fused-ring (bicyclic) bond motifs is 2. The lowest BCUT2D eigenvalue weighted by Gasteiger charge is -2.26. The van der Waals surface area contributed by atoms with E-state index in [2.05, 4.69) is 193 Å². The summed E-state index contributed by atoms with van der Waals surface area (Å²) in [4.78, 5) is 2.31. The van der Waals surface area contributed by atoms with Crippen LogP contribution in [0.2, 0.25) is 0 Å². The normalized spacial score (nSPS) is 11.1. The van der Waals surface area contributed by atoms with E-state index in [1.807, 2.05) is 0 Å². The lowest BCUT2D eigenvalue weighted by Crippen LogP contribution is -2.09. The molecule has 0 aliphatic rings. The fourth-order valence-corrected chi connectivity index (χ4v) is 6.24. The van der Waals surface area contributed by atoms with Gasteiger partial charge in [0.15, 0.2) is 0 Å². The Morgan fingerprint density at radius 3 is 1.16 bits per heavy atom. The molecule has 212 valence electrons. The molecule has 8 rings (SSSR count). The fraction of sp³-hybridized carbons (Fsp3) is 0. The minimum absolute atomic E-state index is 1.12. The van der Waals surface area contributed by atoms with E-state index in [4.69, 9.17) is 0 Å². The van der Waals surface area contributed by atoms with Gasteiger partial charge in [0.2, 0.25) is 0 Å². The molecular formula is C44H31N. The first kappa shape index (κ1) is 26.7. The molecule has 1 heteroatoms. The molecule has 0 bridgehead atoms. The van der Waals surface area contributed by atoms with Crippen LogP contribution in [0.1, 0.15) is 0 Å². The molecule has 0 N–H and O–H groups in total. The highest BCUT2D eigenvalue weighted by Crippen LogP contribution is 2.37. The molecule has 0 spiro atoms. The Labute approximate surface area is 264 Å². The average molecular weight is 574 g/mol. The highest BCUT2D eigenvalue weighted by atomic mass is 15.1. The van der Waals surface area contributed by atoms with Gasteiger partial charge in [-0.25, -0.2) is 0 Å². The Kier molecular flexibility index (Phi) is 6.90. The Bertz CT molecular complexity index is 2230. The first-order valence-corrected chi connectivity index (χ1v) is 15.4. The van der Waals surface area contributed by atoms with Crippen molar-refractivity contribution in [1.29, 1.82) is 0 Å². The molecule has 0 fully saturated rings. The van der Waals surface area contributed by atoms with E-state index >= 15 is 0 Å². The van der Waals surface area contributed by atoms with Crippen LogP contribution in [0.15, 0.2) is 188 Å². The first-order chi connectivity index (χ1) is 22.3. The van der Waals surface area contributed by atoms with Crippen LogP contribution in [0, 0.1) is 0 Å². The molecule has 45 heavy (non-hydrogen) atoms. The van der Waals surface area contributed by atoms with Gasteiger partial charge in [0.1, 0.15) is 0 Å². The van der Waals surface area contributed by atoms with E-state index in [0.29, 0.717) is 0 Å². The predicted octanol–water partition coefficient (Wildman–Crippen LogP) is 12.5. The van der Waals surface area contributed by atoms with Crippen molar-refractivity contribution in [2.75, 3.05) is 4.90 Å². The molecule has 0 aromatic heterocycles. The Hall–Kier alpha value is -5.92. The summed E-state index contributed by atoms with van der Waals surface area (Å²) in [5.41, 5.74) is 10.7. The second-order valence-corrected chi connectivity index (χ2v) is 11.5. The van der Waals surface area contributed by atoms with Crippen molar-refractivity contribution in [3.8, 4) is 33.4 Å². The summed E-state index contributed by atoms with van der Waals surface area (Å²) in [5.74, 6) is 0. The fourth-order valence-electron chi connectivity index (χ4n) is 6.24. The summed E-state index contributed by atoms with van der Waals surface area (Å²) < 4.78 is 0. The van der Waals surface area contributed by atoms with Gasteiger partial charge in [-0.05, 0) is 110 Å². The largest absolute Gasteiger partial charge is 0.311 e. The molecule has 0 saturated carbocycles. The molecule has 8 aromatic carbocycles. The van der Waals surface area contributed by atoms with Gasteiger partial charge in [-0.15, -0.1) is 0 Å². The Morgan fingerprint density at radius 1 is 0.222 bits per heavy atom. The Morgan fingerprint density at radius 2 is 0.578 bits per heavy atom. The number of benzene rings is 8. The molecular weight excluding hydrogens is 542 g/mol. The highest BCUT2D eigenvalue weighted by Gasteiger charge is 2.13. The van der Waals surface area contributed by atoms with Crippen LogP contribution < -0.4 is 4.90 Å². The van der Waals surface area contributed by atoms with Crippen LogP contribution in [0.5, 0.6) is 0 Å². The van der Waals surface area contributed by atoms with E-state index < -0.39 is 0 Å². The van der Waals surface area contributed by atoms with Gasteiger partial charge in [-0.2, -0.15) is 0 Å². The maximum Gasteiger partial charge on any atom is 0.0462 e.